The second kappa shape index (κ2) is 10.5. The molecule has 0 aliphatic heterocycles. The van der Waals surface area contributed by atoms with Gasteiger partial charge in [-0.05, 0) is 55.4 Å². The predicted molar refractivity (Wildman–Crippen MR) is 96.4 cm³/mol. The third-order valence-electron chi connectivity index (χ3n) is 3.84. The van der Waals surface area contributed by atoms with Crippen LogP contribution in [0.4, 0.5) is 4.79 Å². The molecule has 0 N–H and O–H groups in total. The number of hydrogen-bond donors (Lipinski definition) is 0. The van der Waals surface area contributed by atoms with Crippen molar-refractivity contribution >= 4 is 6.16 Å². The van der Waals surface area contributed by atoms with Crippen molar-refractivity contribution in [2.24, 2.45) is 0 Å². The Morgan fingerprint density at radius 2 is 1.54 bits per heavy atom. The predicted octanol–water partition coefficient (Wildman–Crippen LogP) is 5.57. The SMILES string of the molecule is CCCc1ccc(OC(=O)OCCCCCc2ccccc2)cc1. The van der Waals surface area contributed by atoms with Gasteiger partial charge in [0, 0.05) is 0 Å². The van der Waals surface area contributed by atoms with Crippen molar-refractivity contribution in [1.82, 2.24) is 0 Å². The van der Waals surface area contributed by atoms with Gasteiger partial charge in [0.1, 0.15) is 5.75 Å². The molecule has 2 aromatic rings. The van der Waals surface area contributed by atoms with E-state index in [0.29, 0.717) is 12.4 Å². The van der Waals surface area contributed by atoms with Crippen molar-refractivity contribution in [3.8, 4) is 5.75 Å². The standard InChI is InChI=1S/C21H26O3/c1-2-9-18-13-15-20(16-14-18)24-21(22)23-17-8-4-7-12-19-10-5-3-6-11-19/h3,5-6,10-11,13-16H,2,4,7-9,12,17H2,1H3. The second-order valence-corrected chi connectivity index (χ2v) is 5.89. The minimum atomic E-state index is -0.624. The maximum atomic E-state index is 11.6. The van der Waals surface area contributed by atoms with E-state index in [-0.39, 0.29) is 0 Å². The van der Waals surface area contributed by atoms with Gasteiger partial charge in [0.2, 0.25) is 0 Å². The molecule has 0 saturated carbocycles. The summed E-state index contributed by atoms with van der Waals surface area (Å²) in [5, 5.41) is 0. The Bertz CT molecular complexity index is 590. The van der Waals surface area contributed by atoms with Crippen LogP contribution in [0.1, 0.15) is 43.7 Å². The average molecular weight is 326 g/mol. The Hall–Kier alpha value is -2.29. The smallest absolute Gasteiger partial charge is 0.434 e. The van der Waals surface area contributed by atoms with Gasteiger partial charge in [0.25, 0.3) is 0 Å². The Labute approximate surface area is 144 Å². The van der Waals surface area contributed by atoms with Crippen molar-refractivity contribution in [3.63, 3.8) is 0 Å². The van der Waals surface area contributed by atoms with Crippen LogP contribution >= 0.6 is 0 Å². The van der Waals surface area contributed by atoms with Gasteiger partial charge in [-0.3, -0.25) is 0 Å². The highest BCUT2D eigenvalue weighted by Gasteiger charge is 2.05. The lowest BCUT2D eigenvalue weighted by molar-refractivity contribution is 0.0973. The molecule has 24 heavy (non-hydrogen) atoms. The van der Waals surface area contributed by atoms with Gasteiger partial charge in [0.05, 0.1) is 6.61 Å². The van der Waals surface area contributed by atoms with Crippen LogP contribution in [0.25, 0.3) is 0 Å². The molecule has 0 radical (unpaired) electrons. The molecule has 0 heterocycles. The Morgan fingerprint density at radius 3 is 2.25 bits per heavy atom. The maximum Gasteiger partial charge on any atom is 0.513 e. The third kappa shape index (κ3) is 6.86. The first-order valence-electron chi connectivity index (χ1n) is 8.75. The van der Waals surface area contributed by atoms with E-state index >= 15 is 0 Å². The van der Waals surface area contributed by atoms with E-state index in [1.807, 2.05) is 30.3 Å². The Kier molecular flexibility index (Phi) is 7.88. The summed E-state index contributed by atoms with van der Waals surface area (Å²) in [5.74, 6) is 0.531. The van der Waals surface area contributed by atoms with Crippen LogP contribution in [-0.4, -0.2) is 12.8 Å². The molecule has 0 atom stereocenters. The number of carbonyl (C=O) groups excluding carboxylic acids is 1. The summed E-state index contributed by atoms with van der Waals surface area (Å²) in [6.07, 6.45) is 5.57. The molecule has 3 heteroatoms. The summed E-state index contributed by atoms with van der Waals surface area (Å²) in [6.45, 7) is 2.54. The highest BCUT2D eigenvalue weighted by atomic mass is 16.7. The fourth-order valence-corrected chi connectivity index (χ4v) is 2.55. The molecule has 128 valence electrons. The van der Waals surface area contributed by atoms with Crippen molar-refractivity contribution < 1.29 is 14.3 Å². The van der Waals surface area contributed by atoms with E-state index in [1.54, 1.807) is 0 Å². The van der Waals surface area contributed by atoms with Crippen LogP contribution in [0.15, 0.2) is 54.6 Å². The zero-order valence-corrected chi connectivity index (χ0v) is 14.4. The van der Waals surface area contributed by atoms with E-state index in [1.165, 1.54) is 11.1 Å². The fraction of sp³-hybridized carbons (Fsp3) is 0.381. The summed E-state index contributed by atoms with van der Waals surface area (Å²) in [4.78, 5) is 11.6. The zero-order chi connectivity index (χ0) is 17.0. The molecule has 0 aliphatic carbocycles. The average Bonchev–Trinajstić information content (AvgIpc) is 2.61. The zero-order valence-electron chi connectivity index (χ0n) is 14.4. The van der Waals surface area contributed by atoms with E-state index in [4.69, 9.17) is 9.47 Å². The minimum absolute atomic E-state index is 0.404. The molecule has 0 amide bonds. The molecule has 0 aliphatic rings. The van der Waals surface area contributed by atoms with Gasteiger partial charge in [-0.15, -0.1) is 0 Å². The van der Waals surface area contributed by atoms with E-state index in [0.717, 1.165) is 38.5 Å². The van der Waals surface area contributed by atoms with Gasteiger partial charge >= 0.3 is 6.16 Å². The third-order valence-corrected chi connectivity index (χ3v) is 3.84. The lowest BCUT2D eigenvalue weighted by atomic mass is 10.1. The van der Waals surface area contributed by atoms with Crippen LogP contribution in [0, 0.1) is 0 Å². The molecule has 0 saturated heterocycles. The monoisotopic (exact) mass is 326 g/mol. The van der Waals surface area contributed by atoms with Crippen LogP contribution in [0.2, 0.25) is 0 Å². The number of unbranched alkanes of at least 4 members (excludes halogenated alkanes) is 2. The molecular weight excluding hydrogens is 300 g/mol. The molecule has 0 fully saturated rings. The molecular formula is C21H26O3. The lowest BCUT2D eigenvalue weighted by Crippen LogP contribution is -2.11. The summed E-state index contributed by atoms with van der Waals surface area (Å²) in [5.41, 5.74) is 2.60. The van der Waals surface area contributed by atoms with Gasteiger partial charge in [-0.25, -0.2) is 4.79 Å². The highest BCUT2D eigenvalue weighted by molar-refractivity contribution is 5.63. The molecule has 0 spiro atoms. The summed E-state index contributed by atoms with van der Waals surface area (Å²) >= 11 is 0. The van der Waals surface area contributed by atoms with Crippen molar-refractivity contribution in [2.75, 3.05) is 6.61 Å². The number of carbonyl (C=O) groups is 1. The molecule has 0 unspecified atom stereocenters. The second-order valence-electron chi connectivity index (χ2n) is 5.89. The van der Waals surface area contributed by atoms with Crippen molar-refractivity contribution in [3.05, 3.63) is 65.7 Å². The molecule has 2 aromatic carbocycles. The first-order valence-corrected chi connectivity index (χ1v) is 8.75. The molecule has 2 rings (SSSR count). The Balaban J connectivity index is 1.56. The van der Waals surface area contributed by atoms with E-state index < -0.39 is 6.16 Å². The topological polar surface area (TPSA) is 35.5 Å². The summed E-state index contributed by atoms with van der Waals surface area (Å²) in [7, 11) is 0. The van der Waals surface area contributed by atoms with Crippen molar-refractivity contribution in [1.29, 1.82) is 0 Å². The summed E-state index contributed by atoms with van der Waals surface area (Å²) < 4.78 is 10.3. The van der Waals surface area contributed by atoms with Crippen LogP contribution < -0.4 is 4.74 Å². The Morgan fingerprint density at radius 1 is 0.833 bits per heavy atom. The normalized spacial score (nSPS) is 10.4. The van der Waals surface area contributed by atoms with Crippen LogP contribution in [0.3, 0.4) is 0 Å². The largest absolute Gasteiger partial charge is 0.513 e. The van der Waals surface area contributed by atoms with E-state index in [2.05, 4.69) is 31.2 Å². The van der Waals surface area contributed by atoms with Gasteiger partial charge in [-0.2, -0.15) is 0 Å². The quantitative estimate of drug-likeness (QED) is 0.343. The van der Waals surface area contributed by atoms with Crippen LogP contribution in [0.5, 0.6) is 5.75 Å². The first kappa shape index (κ1) is 18.1. The number of ether oxygens (including phenoxy) is 2. The number of rotatable bonds is 9. The number of benzene rings is 2. The van der Waals surface area contributed by atoms with Crippen molar-refractivity contribution in [2.45, 2.75) is 45.4 Å². The van der Waals surface area contributed by atoms with Gasteiger partial charge < -0.3 is 9.47 Å². The minimum Gasteiger partial charge on any atom is -0.434 e. The van der Waals surface area contributed by atoms with E-state index in [9.17, 15) is 4.79 Å². The van der Waals surface area contributed by atoms with Gasteiger partial charge in [-0.1, -0.05) is 55.8 Å². The number of hydrogen-bond acceptors (Lipinski definition) is 3. The molecule has 0 aromatic heterocycles. The van der Waals surface area contributed by atoms with Gasteiger partial charge in [0.15, 0.2) is 0 Å². The molecule has 3 nitrogen and oxygen atoms in total. The number of aryl methyl sites for hydroxylation is 2. The summed E-state index contributed by atoms with van der Waals surface area (Å²) in [6, 6.07) is 18.0. The molecule has 0 bridgehead atoms. The fourth-order valence-electron chi connectivity index (χ4n) is 2.55. The van der Waals surface area contributed by atoms with Crippen LogP contribution in [-0.2, 0) is 17.6 Å². The lowest BCUT2D eigenvalue weighted by Gasteiger charge is -2.07. The highest BCUT2D eigenvalue weighted by Crippen LogP contribution is 2.14. The maximum absolute atomic E-state index is 11.6. The first-order chi connectivity index (χ1) is 11.8.